The minimum atomic E-state index is -0.625. The zero-order chi connectivity index (χ0) is 23.0. The van der Waals surface area contributed by atoms with Gasteiger partial charge in [-0.15, -0.1) is 0 Å². The highest BCUT2D eigenvalue weighted by atomic mass is 16.6. The molecule has 7 nitrogen and oxygen atoms in total. The van der Waals surface area contributed by atoms with Gasteiger partial charge in [-0.25, -0.2) is 4.79 Å². The molecule has 0 bridgehead atoms. The minimum Gasteiger partial charge on any atom is -0.456 e. The molecular weight excluding hydrogens is 406 g/mol. The van der Waals surface area contributed by atoms with Crippen LogP contribution in [-0.4, -0.2) is 34.0 Å². The molecule has 4 rings (SSSR count). The number of aromatic nitrogens is 1. The lowest BCUT2D eigenvalue weighted by Crippen LogP contribution is -2.24. The summed E-state index contributed by atoms with van der Waals surface area (Å²) >= 11 is 0. The van der Waals surface area contributed by atoms with Crippen LogP contribution in [0, 0.1) is 0 Å². The summed E-state index contributed by atoms with van der Waals surface area (Å²) in [6.45, 7) is 6.88. The molecule has 3 aromatic rings. The molecule has 1 aromatic heterocycles. The van der Waals surface area contributed by atoms with E-state index >= 15 is 0 Å². The maximum Gasteiger partial charge on any atom is 0.338 e. The summed E-state index contributed by atoms with van der Waals surface area (Å²) < 4.78 is 6.94. The van der Waals surface area contributed by atoms with Gasteiger partial charge in [0, 0.05) is 24.5 Å². The predicted octanol–water partition coefficient (Wildman–Crippen LogP) is 5.08. The van der Waals surface area contributed by atoms with Gasteiger partial charge in [0.1, 0.15) is 5.60 Å². The predicted molar refractivity (Wildman–Crippen MR) is 124 cm³/mol. The van der Waals surface area contributed by atoms with Crippen LogP contribution in [0.4, 0.5) is 11.4 Å². The van der Waals surface area contributed by atoms with Crippen molar-refractivity contribution in [2.45, 2.75) is 52.2 Å². The maximum absolute atomic E-state index is 13.2. The number of rotatable bonds is 5. The first-order valence-corrected chi connectivity index (χ1v) is 10.7. The summed E-state index contributed by atoms with van der Waals surface area (Å²) in [5.41, 5.74) is 2.01. The number of benzene rings is 2. The van der Waals surface area contributed by atoms with E-state index in [2.05, 4.69) is 10.6 Å². The summed E-state index contributed by atoms with van der Waals surface area (Å²) in [5.74, 6) is -0.996. The second-order valence-electron chi connectivity index (χ2n) is 9.08. The van der Waals surface area contributed by atoms with Crippen molar-refractivity contribution in [1.29, 1.82) is 0 Å². The van der Waals surface area contributed by atoms with E-state index in [0.717, 1.165) is 18.5 Å². The average Bonchev–Trinajstić information content (AvgIpc) is 3.44. The van der Waals surface area contributed by atoms with E-state index in [0.29, 0.717) is 33.8 Å². The number of hydrogen-bond acceptors (Lipinski definition) is 5. The van der Waals surface area contributed by atoms with Crippen molar-refractivity contribution in [3.8, 4) is 0 Å². The summed E-state index contributed by atoms with van der Waals surface area (Å²) in [7, 11) is 0. The molecule has 2 N–H and O–H groups in total. The summed E-state index contributed by atoms with van der Waals surface area (Å²) in [4.78, 5) is 37.9. The van der Waals surface area contributed by atoms with Crippen molar-refractivity contribution < 1.29 is 19.1 Å². The number of ether oxygens (including phenoxy) is 1. The highest BCUT2D eigenvalue weighted by Gasteiger charge is 2.25. The fourth-order valence-corrected chi connectivity index (χ4v) is 3.50. The second-order valence-corrected chi connectivity index (χ2v) is 9.08. The number of para-hydroxylation sites is 1. The van der Waals surface area contributed by atoms with Gasteiger partial charge in [0.25, 0.3) is 5.91 Å². The first kappa shape index (κ1) is 21.6. The van der Waals surface area contributed by atoms with E-state index in [1.807, 2.05) is 18.2 Å². The Morgan fingerprint density at radius 1 is 1.03 bits per heavy atom. The molecule has 2 aromatic carbocycles. The van der Waals surface area contributed by atoms with Crippen LogP contribution < -0.4 is 10.6 Å². The van der Waals surface area contributed by atoms with E-state index in [1.54, 1.807) is 51.2 Å². The van der Waals surface area contributed by atoms with Crippen molar-refractivity contribution in [3.05, 3.63) is 59.8 Å². The van der Waals surface area contributed by atoms with Crippen LogP contribution in [0.2, 0.25) is 0 Å². The molecule has 1 saturated carbocycles. The molecule has 1 amide bonds. The number of nitrogens with one attached hydrogen (secondary N) is 2. The van der Waals surface area contributed by atoms with Crippen molar-refractivity contribution in [3.63, 3.8) is 0 Å². The summed E-state index contributed by atoms with van der Waals surface area (Å²) in [5, 5.41) is 7.00. The molecule has 32 heavy (non-hydrogen) atoms. The Hall–Kier alpha value is -3.61. The van der Waals surface area contributed by atoms with Crippen LogP contribution in [-0.2, 0) is 4.74 Å². The zero-order valence-corrected chi connectivity index (χ0v) is 18.7. The Balaban J connectivity index is 1.68. The fraction of sp³-hybridized carbons (Fsp3) is 0.320. The van der Waals surface area contributed by atoms with Gasteiger partial charge in [-0.2, -0.15) is 0 Å². The van der Waals surface area contributed by atoms with Gasteiger partial charge in [-0.3, -0.25) is 14.2 Å². The number of amides is 1. The molecular formula is C25H27N3O4. The monoisotopic (exact) mass is 433 g/mol. The van der Waals surface area contributed by atoms with Crippen LogP contribution in [0.3, 0.4) is 0 Å². The highest BCUT2D eigenvalue weighted by Crippen LogP contribution is 2.32. The van der Waals surface area contributed by atoms with E-state index in [9.17, 15) is 14.4 Å². The molecule has 0 atom stereocenters. The van der Waals surface area contributed by atoms with Gasteiger partial charge in [-0.1, -0.05) is 18.2 Å². The molecule has 1 heterocycles. The lowest BCUT2D eigenvalue weighted by molar-refractivity contribution is 0.00693. The molecule has 1 fully saturated rings. The average molecular weight is 434 g/mol. The molecule has 1 aliphatic carbocycles. The second kappa shape index (κ2) is 8.15. The molecule has 0 saturated heterocycles. The first-order valence-electron chi connectivity index (χ1n) is 10.7. The Labute approximate surface area is 186 Å². The molecule has 0 aliphatic heterocycles. The van der Waals surface area contributed by atoms with Crippen LogP contribution >= 0.6 is 0 Å². The number of carbonyl (C=O) groups is 3. The number of anilines is 2. The number of nitrogens with zero attached hydrogens (tertiary/aromatic N) is 1. The zero-order valence-electron chi connectivity index (χ0n) is 18.7. The van der Waals surface area contributed by atoms with E-state index in [-0.39, 0.29) is 11.8 Å². The molecule has 0 spiro atoms. The Morgan fingerprint density at radius 2 is 1.75 bits per heavy atom. The van der Waals surface area contributed by atoms with E-state index < -0.39 is 11.6 Å². The topological polar surface area (TPSA) is 89.4 Å². The van der Waals surface area contributed by atoms with Crippen LogP contribution in [0.25, 0.3) is 10.9 Å². The fourth-order valence-electron chi connectivity index (χ4n) is 3.50. The standard InChI is InChI=1S/C25H27N3O4/c1-15(29)28-14-19(18-7-5-6-8-22(18)28)23(30)27-21-13-16(24(31)32-25(2,3)4)9-12-20(21)26-17-10-11-17/h5-9,12-14,17,26H,10-11H2,1-4H3,(H,27,30). The van der Waals surface area contributed by atoms with Crippen molar-refractivity contribution in [2.75, 3.05) is 10.6 Å². The number of fused-ring (bicyclic) bond motifs is 1. The van der Waals surface area contributed by atoms with Crippen molar-refractivity contribution in [2.24, 2.45) is 0 Å². The van der Waals surface area contributed by atoms with Gasteiger partial charge in [0.05, 0.1) is 28.0 Å². The normalized spacial score (nSPS) is 13.6. The van der Waals surface area contributed by atoms with Crippen molar-refractivity contribution >= 4 is 40.1 Å². The minimum absolute atomic E-state index is 0.178. The van der Waals surface area contributed by atoms with Crippen molar-refractivity contribution in [1.82, 2.24) is 4.57 Å². The third-order valence-corrected chi connectivity index (χ3v) is 5.14. The largest absolute Gasteiger partial charge is 0.456 e. The van der Waals surface area contributed by atoms with Crippen LogP contribution in [0.1, 0.15) is 66.0 Å². The number of carbonyl (C=O) groups excluding carboxylic acids is 3. The lowest BCUT2D eigenvalue weighted by Gasteiger charge is -2.20. The van der Waals surface area contributed by atoms with Crippen LogP contribution in [0.15, 0.2) is 48.7 Å². The quantitative estimate of drug-likeness (QED) is 0.548. The third kappa shape index (κ3) is 4.66. The smallest absolute Gasteiger partial charge is 0.338 e. The molecule has 0 unspecified atom stereocenters. The molecule has 166 valence electrons. The van der Waals surface area contributed by atoms with Gasteiger partial charge in [-0.05, 0) is 57.9 Å². The molecule has 7 heteroatoms. The first-order chi connectivity index (χ1) is 15.1. The lowest BCUT2D eigenvalue weighted by atomic mass is 10.1. The van der Waals surface area contributed by atoms with Crippen LogP contribution in [0.5, 0.6) is 0 Å². The highest BCUT2D eigenvalue weighted by molar-refractivity contribution is 6.15. The van der Waals surface area contributed by atoms with E-state index in [4.69, 9.17) is 4.74 Å². The van der Waals surface area contributed by atoms with Gasteiger partial charge in [0.15, 0.2) is 0 Å². The van der Waals surface area contributed by atoms with E-state index in [1.165, 1.54) is 11.5 Å². The van der Waals surface area contributed by atoms with Gasteiger partial charge < -0.3 is 15.4 Å². The Bertz CT molecular complexity index is 1220. The summed E-state index contributed by atoms with van der Waals surface area (Å²) in [6.07, 6.45) is 3.68. The summed E-state index contributed by atoms with van der Waals surface area (Å²) in [6, 6.07) is 12.7. The SMILES string of the molecule is CC(=O)n1cc(C(=O)Nc2cc(C(=O)OC(C)(C)C)ccc2NC2CC2)c2ccccc21. The maximum atomic E-state index is 13.2. The third-order valence-electron chi connectivity index (χ3n) is 5.14. The Morgan fingerprint density at radius 3 is 2.41 bits per heavy atom. The number of hydrogen-bond donors (Lipinski definition) is 2. The van der Waals surface area contributed by atoms with Gasteiger partial charge >= 0.3 is 5.97 Å². The molecule has 0 radical (unpaired) electrons. The van der Waals surface area contributed by atoms with Gasteiger partial charge in [0.2, 0.25) is 5.91 Å². The Kier molecular flexibility index (Phi) is 5.50. The number of esters is 1. The molecule has 1 aliphatic rings.